The van der Waals surface area contributed by atoms with Crippen LogP contribution in [0.15, 0.2) is 0 Å². The second-order valence-electron chi connectivity index (χ2n) is 5.22. The van der Waals surface area contributed by atoms with Gasteiger partial charge in [0, 0.05) is 10.8 Å². The number of aliphatic hydroxyl groups is 2. The summed E-state index contributed by atoms with van der Waals surface area (Å²) in [6, 6.07) is 0. The minimum Gasteiger partial charge on any atom is -0.518 e. The Balaban J connectivity index is 3.90. The van der Waals surface area contributed by atoms with Crippen molar-refractivity contribution in [1.82, 2.24) is 0 Å². The van der Waals surface area contributed by atoms with Crippen molar-refractivity contribution < 1.29 is 10.2 Å². The van der Waals surface area contributed by atoms with Crippen LogP contribution in [0.5, 0.6) is 0 Å². The third-order valence-electron chi connectivity index (χ3n) is 3.48. The Hall–Kier alpha value is 0.197. The Morgan fingerprint density at radius 1 is 1.17 bits per heavy atom. The molecule has 0 aliphatic rings. The fourth-order valence-electron chi connectivity index (χ4n) is 1.98. The smallest absolute Gasteiger partial charge is 0.0703 e. The van der Waals surface area contributed by atoms with E-state index in [1.807, 2.05) is 6.92 Å². The molecule has 108 valence electrons. The standard InChI is InChI=1S/C14H30O2SSi/c1-4-5-6-7-8-9-10-13(17)18(3)14(16)12(2)11-15/h12-13,15-17H,4-11H2,1-3H3/b18-14+. The highest BCUT2D eigenvalue weighted by Gasteiger charge is 2.15. The number of thiol groups is 1. The molecule has 2 atom stereocenters. The topological polar surface area (TPSA) is 40.5 Å². The first-order valence-electron chi connectivity index (χ1n) is 7.23. The molecule has 4 heteroatoms. The van der Waals surface area contributed by atoms with Crippen molar-refractivity contribution in [2.75, 3.05) is 6.61 Å². The van der Waals surface area contributed by atoms with Crippen LogP contribution in [0.25, 0.3) is 0 Å². The van der Waals surface area contributed by atoms with Gasteiger partial charge in [-0.05, 0) is 6.42 Å². The van der Waals surface area contributed by atoms with Crippen molar-refractivity contribution in [2.24, 2.45) is 5.92 Å². The van der Waals surface area contributed by atoms with Crippen molar-refractivity contribution in [1.29, 1.82) is 0 Å². The lowest BCUT2D eigenvalue weighted by atomic mass is 10.1. The van der Waals surface area contributed by atoms with E-state index in [1.165, 1.54) is 38.5 Å². The largest absolute Gasteiger partial charge is 0.518 e. The lowest BCUT2D eigenvalue weighted by Gasteiger charge is -2.16. The molecule has 18 heavy (non-hydrogen) atoms. The molecule has 2 unspecified atom stereocenters. The lowest BCUT2D eigenvalue weighted by Crippen LogP contribution is -2.29. The van der Waals surface area contributed by atoms with Gasteiger partial charge < -0.3 is 10.2 Å². The van der Waals surface area contributed by atoms with Crippen molar-refractivity contribution in [3.05, 3.63) is 0 Å². The van der Waals surface area contributed by atoms with E-state index in [0.717, 1.165) is 6.42 Å². The molecule has 0 bridgehead atoms. The van der Waals surface area contributed by atoms with Gasteiger partial charge >= 0.3 is 0 Å². The molecule has 0 heterocycles. The van der Waals surface area contributed by atoms with E-state index in [4.69, 9.17) is 5.11 Å². The molecular weight excluding hydrogens is 260 g/mol. The van der Waals surface area contributed by atoms with E-state index in [-0.39, 0.29) is 12.5 Å². The molecule has 0 amide bonds. The summed E-state index contributed by atoms with van der Waals surface area (Å²) in [5.74, 6) is -0.0944. The summed E-state index contributed by atoms with van der Waals surface area (Å²) < 4.78 is 0. The second kappa shape index (κ2) is 11.1. The minimum absolute atomic E-state index is 0.0331. The summed E-state index contributed by atoms with van der Waals surface area (Å²) in [7, 11) is -0.977. The number of aliphatic hydroxyl groups excluding tert-OH is 2. The van der Waals surface area contributed by atoms with Crippen LogP contribution in [0.4, 0.5) is 0 Å². The number of hydrogen-bond donors (Lipinski definition) is 3. The Kier molecular flexibility index (Phi) is 11.2. The van der Waals surface area contributed by atoms with Crippen LogP contribution in [0.1, 0.15) is 58.8 Å². The third-order valence-corrected chi connectivity index (χ3v) is 7.48. The molecule has 0 aliphatic heterocycles. The quantitative estimate of drug-likeness (QED) is 0.328. The molecule has 2 nitrogen and oxygen atoms in total. The molecule has 2 N–H and O–H groups in total. The zero-order valence-electron chi connectivity index (χ0n) is 12.2. The highest BCUT2D eigenvalue weighted by atomic mass is 32.1. The molecule has 0 fully saturated rings. The van der Waals surface area contributed by atoms with Crippen LogP contribution >= 0.6 is 12.6 Å². The minimum atomic E-state index is -0.977. The van der Waals surface area contributed by atoms with Crippen LogP contribution in [-0.4, -0.2) is 35.5 Å². The van der Waals surface area contributed by atoms with E-state index in [1.54, 1.807) is 0 Å². The van der Waals surface area contributed by atoms with Crippen molar-refractivity contribution in [2.45, 2.75) is 70.2 Å². The second-order valence-corrected chi connectivity index (χ2v) is 8.91. The number of unbranched alkanes of at least 4 members (excludes halogenated alkanes) is 5. The first-order valence-corrected chi connectivity index (χ1v) is 9.82. The number of rotatable bonds is 10. The average molecular weight is 291 g/mol. The van der Waals surface area contributed by atoms with Gasteiger partial charge in [-0.3, -0.25) is 0 Å². The van der Waals surface area contributed by atoms with Gasteiger partial charge in [-0.1, -0.05) is 58.9 Å². The molecule has 0 radical (unpaired) electrons. The van der Waals surface area contributed by atoms with Crippen LogP contribution in [0.3, 0.4) is 0 Å². The van der Waals surface area contributed by atoms with E-state index in [9.17, 15) is 5.11 Å². The fraction of sp³-hybridized carbons (Fsp3) is 0.929. The molecule has 0 aliphatic carbocycles. The summed E-state index contributed by atoms with van der Waals surface area (Å²) in [6.45, 7) is 6.23. The maximum Gasteiger partial charge on any atom is 0.0703 e. The van der Waals surface area contributed by atoms with Crippen molar-refractivity contribution in [3.8, 4) is 0 Å². The predicted molar refractivity (Wildman–Crippen MR) is 85.6 cm³/mol. The fourth-order valence-corrected chi connectivity index (χ4v) is 4.41. The van der Waals surface area contributed by atoms with Crippen molar-refractivity contribution in [3.63, 3.8) is 0 Å². The van der Waals surface area contributed by atoms with Crippen LogP contribution in [0.2, 0.25) is 6.55 Å². The first-order chi connectivity index (χ1) is 8.54. The Labute approximate surface area is 119 Å². The Morgan fingerprint density at radius 3 is 2.28 bits per heavy atom. The zero-order chi connectivity index (χ0) is 14.0. The van der Waals surface area contributed by atoms with Crippen LogP contribution in [-0.2, 0) is 0 Å². The summed E-state index contributed by atoms with van der Waals surface area (Å²) in [4.78, 5) is 0.301. The normalized spacial score (nSPS) is 16.3. The van der Waals surface area contributed by atoms with E-state index in [2.05, 4.69) is 26.1 Å². The Bertz CT molecular complexity index is 244. The molecule has 0 spiro atoms. The molecular formula is C14H30O2SSi. The molecule has 0 aromatic carbocycles. The SMILES string of the molecule is CCCCCCCCC(S)/[Si](C)=C(/O)C(C)CO. The van der Waals surface area contributed by atoms with Gasteiger partial charge in [-0.25, -0.2) is 0 Å². The van der Waals surface area contributed by atoms with E-state index in [0.29, 0.717) is 10.2 Å². The third kappa shape index (κ3) is 7.59. The zero-order valence-corrected chi connectivity index (χ0v) is 14.0. The van der Waals surface area contributed by atoms with Gasteiger partial charge in [-0.15, -0.1) is 0 Å². The highest BCUT2D eigenvalue weighted by molar-refractivity contribution is 7.82. The predicted octanol–water partition coefficient (Wildman–Crippen LogP) is 3.41. The number of hydrogen-bond acceptors (Lipinski definition) is 3. The van der Waals surface area contributed by atoms with Crippen molar-refractivity contribution >= 4 is 26.4 Å². The summed E-state index contributed by atoms with van der Waals surface area (Å²) in [5, 5.41) is 19.5. The average Bonchev–Trinajstić information content (AvgIpc) is 2.39. The molecule has 0 rings (SSSR count). The van der Waals surface area contributed by atoms with Gasteiger partial charge in [0.1, 0.15) is 0 Å². The van der Waals surface area contributed by atoms with Gasteiger partial charge in [-0.2, -0.15) is 12.6 Å². The van der Waals surface area contributed by atoms with Gasteiger partial charge in [0.05, 0.1) is 20.4 Å². The molecule has 0 saturated heterocycles. The summed E-state index contributed by atoms with van der Waals surface area (Å²) in [5.41, 5.74) is 0. The maximum absolute atomic E-state index is 9.98. The molecule has 0 aromatic rings. The Morgan fingerprint density at radius 2 is 1.72 bits per heavy atom. The molecule has 0 saturated carbocycles. The lowest BCUT2D eigenvalue weighted by molar-refractivity contribution is 0.259. The monoisotopic (exact) mass is 290 g/mol. The maximum atomic E-state index is 9.98. The first kappa shape index (κ1) is 18.2. The molecule has 0 aromatic heterocycles. The summed E-state index contributed by atoms with van der Waals surface area (Å²) in [6.07, 6.45) is 8.87. The summed E-state index contributed by atoms with van der Waals surface area (Å²) >= 11 is 4.62. The van der Waals surface area contributed by atoms with Crippen LogP contribution < -0.4 is 0 Å². The van der Waals surface area contributed by atoms with Gasteiger partial charge in [0.2, 0.25) is 0 Å². The van der Waals surface area contributed by atoms with E-state index >= 15 is 0 Å². The van der Waals surface area contributed by atoms with Gasteiger partial charge in [0.15, 0.2) is 0 Å². The van der Waals surface area contributed by atoms with E-state index < -0.39 is 8.41 Å². The van der Waals surface area contributed by atoms with Gasteiger partial charge in [0.25, 0.3) is 0 Å². The van der Waals surface area contributed by atoms with Crippen LogP contribution in [0, 0.1) is 5.92 Å². The highest BCUT2D eigenvalue weighted by Crippen LogP contribution is 2.13.